The van der Waals surface area contributed by atoms with Crippen LogP contribution in [0.15, 0.2) is 48.5 Å². The van der Waals surface area contributed by atoms with Gasteiger partial charge in [-0.25, -0.2) is 5.43 Å². The van der Waals surface area contributed by atoms with Crippen molar-refractivity contribution in [2.75, 3.05) is 0 Å². The standard InChI is InChI=1S/C17H21ClN2/c1-17(2,3)14-10-6-4-8-12(14)16(20-19)13-9-5-7-11-15(13)18/h4-11,16,20H,19H2,1-3H3. The third-order valence-corrected chi connectivity index (χ3v) is 3.81. The Balaban J connectivity index is 2.57. The lowest BCUT2D eigenvalue weighted by atomic mass is 9.80. The van der Waals surface area contributed by atoms with Gasteiger partial charge in [0.2, 0.25) is 0 Å². The highest BCUT2D eigenvalue weighted by molar-refractivity contribution is 6.31. The van der Waals surface area contributed by atoms with Gasteiger partial charge in [-0.3, -0.25) is 5.84 Å². The van der Waals surface area contributed by atoms with E-state index < -0.39 is 0 Å². The molecule has 0 radical (unpaired) electrons. The first kappa shape index (κ1) is 15.0. The van der Waals surface area contributed by atoms with Gasteiger partial charge in [0, 0.05) is 5.02 Å². The fourth-order valence-corrected chi connectivity index (χ4v) is 2.73. The molecule has 0 aliphatic carbocycles. The first-order valence-corrected chi connectivity index (χ1v) is 7.13. The average molecular weight is 289 g/mol. The Morgan fingerprint density at radius 3 is 2.05 bits per heavy atom. The number of nitrogens with one attached hydrogen (secondary N) is 1. The molecule has 0 aliphatic rings. The van der Waals surface area contributed by atoms with Crippen molar-refractivity contribution in [2.45, 2.75) is 32.2 Å². The molecule has 2 aromatic carbocycles. The van der Waals surface area contributed by atoms with E-state index >= 15 is 0 Å². The molecule has 0 fully saturated rings. The largest absolute Gasteiger partial charge is 0.271 e. The van der Waals surface area contributed by atoms with E-state index in [9.17, 15) is 0 Å². The van der Waals surface area contributed by atoms with Gasteiger partial charge in [-0.15, -0.1) is 0 Å². The molecule has 3 N–H and O–H groups in total. The van der Waals surface area contributed by atoms with E-state index in [0.717, 1.165) is 16.1 Å². The lowest BCUT2D eigenvalue weighted by molar-refractivity contribution is 0.558. The van der Waals surface area contributed by atoms with Crippen molar-refractivity contribution in [1.29, 1.82) is 0 Å². The summed E-state index contributed by atoms with van der Waals surface area (Å²) in [4.78, 5) is 0. The van der Waals surface area contributed by atoms with Crippen molar-refractivity contribution in [1.82, 2.24) is 5.43 Å². The summed E-state index contributed by atoms with van der Waals surface area (Å²) in [6, 6.07) is 16.0. The minimum atomic E-state index is -0.112. The molecule has 1 unspecified atom stereocenters. The maximum absolute atomic E-state index is 6.32. The molecule has 0 heterocycles. The highest BCUT2D eigenvalue weighted by Gasteiger charge is 2.23. The van der Waals surface area contributed by atoms with Crippen LogP contribution in [0.5, 0.6) is 0 Å². The minimum absolute atomic E-state index is 0.0486. The number of benzene rings is 2. The summed E-state index contributed by atoms with van der Waals surface area (Å²) in [5.41, 5.74) is 6.38. The third kappa shape index (κ3) is 3.04. The molecule has 0 saturated heterocycles. The van der Waals surface area contributed by atoms with E-state index in [1.54, 1.807) is 0 Å². The smallest absolute Gasteiger partial charge is 0.0727 e. The molecular formula is C17H21ClN2. The van der Waals surface area contributed by atoms with Crippen molar-refractivity contribution >= 4 is 11.6 Å². The average Bonchev–Trinajstić information content (AvgIpc) is 2.41. The SMILES string of the molecule is CC(C)(C)c1ccccc1C(NN)c1ccccc1Cl. The maximum atomic E-state index is 6.32. The quantitative estimate of drug-likeness (QED) is 0.656. The second kappa shape index (κ2) is 5.96. The second-order valence-electron chi connectivity index (χ2n) is 5.96. The van der Waals surface area contributed by atoms with E-state index in [0.29, 0.717) is 0 Å². The molecular weight excluding hydrogens is 268 g/mol. The molecule has 1 atom stereocenters. The van der Waals surface area contributed by atoms with Gasteiger partial charge in [-0.1, -0.05) is 74.8 Å². The Morgan fingerprint density at radius 1 is 0.950 bits per heavy atom. The molecule has 0 amide bonds. The lowest BCUT2D eigenvalue weighted by Gasteiger charge is -2.28. The van der Waals surface area contributed by atoms with Crippen LogP contribution in [0.2, 0.25) is 5.02 Å². The molecule has 2 nitrogen and oxygen atoms in total. The Kier molecular flexibility index (Phi) is 4.48. The number of hydrogen-bond acceptors (Lipinski definition) is 2. The van der Waals surface area contributed by atoms with Crippen LogP contribution in [0.1, 0.15) is 43.5 Å². The monoisotopic (exact) mass is 288 g/mol. The van der Waals surface area contributed by atoms with Gasteiger partial charge in [0.25, 0.3) is 0 Å². The first-order chi connectivity index (χ1) is 9.45. The molecule has 20 heavy (non-hydrogen) atoms. The molecule has 2 rings (SSSR count). The number of hydrogen-bond donors (Lipinski definition) is 2. The van der Waals surface area contributed by atoms with E-state index in [2.05, 4.69) is 44.4 Å². The molecule has 0 aliphatic heterocycles. The normalized spacial score (nSPS) is 13.2. The van der Waals surface area contributed by atoms with Crippen molar-refractivity contribution in [3.8, 4) is 0 Å². The van der Waals surface area contributed by atoms with Crippen LogP contribution in [0, 0.1) is 0 Å². The number of hydrazine groups is 1. The molecule has 0 spiro atoms. The molecule has 3 heteroatoms. The summed E-state index contributed by atoms with van der Waals surface area (Å²) in [5.74, 6) is 5.81. The van der Waals surface area contributed by atoms with Crippen molar-refractivity contribution < 1.29 is 0 Å². The van der Waals surface area contributed by atoms with Gasteiger partial charge < -0.3 is 0 Å². The van der Waals surface area contributed by atoms with Crippen LogP contribution in [-0.4, -0.2) is 0 Å². The van der Waals surface area contributed by atoms with Gasteiger partial charge in [-0.2, -0.15) is 0 Å². The highest BCUT2D eigenvalue weighted by Crippen LogP contribution is 2.34. The highest BCUT2D eigenvalue weighted by atomic mass is 35.5. The first-order valence-electron chi connectivity index (χ1n) is 6.75. The predicted molar refractivity (Wildman–Crippen MR) is 85.8 cm³/mol. The summed E-state index contributed by atoms with van der Waals surface area (Å²) in [6.45, 7) is 6.60. The zero-order valence-electron chi connectivity index (χ0n) is 12.2. The van der Waals surface area contributed by atoms with Crippen LogP contribution in [0.25, 0.3) is 0 Å². The Hall–Kier alpha value is -1.35. The van der Waals surface area contributed by atoms with E-state index in [-0.39, 0.29) is 11.5 Å². The summed E-state index contributed by atoms with van der Waals surface area (Å²) in [5, 5.41) is 0.721. The van der Waals surface area contributed by atoms with Gasteiger partial charge >= 0.3 is 0 Å². The molecule has 0 bridgehead atoms. The Bertz CT molecular complexity index is 588. The minimum Gasteiger partial charge on any atom is -0.271 e. The van der Waals surface area contributed by atoms with Crippen LogP contribution < -0.4 is 11.3 Å². The zero-order chi connectivity index (χ0) is 14.8. The molecule has 106 valence electrons. The second-order valence-corrected chi connectivity index (χ2v) is 6.37. The lowest BCUT2D eigenvalue weighted by Crippen LogP contribution is -2.31. The summed E-state index contributed by atoms with van der Waals surface area (Å²) >= 11 is 6.32. The summed E-state index contributed by atoms with van der Waals surface area (Å²) < 4.78 is 0. The predicted octanol–water partition coefficient (Wildman–Crippen LogP) is 4.19. The number of halogens is 1. The van der Waals surface area contributed by atoms with Gasteiger partial charge in [-0.05, 0) is 28.2 Å². The van der Waals surface area contributed by atoms with Crippen LogP contribution in [0.3, 0.4) is 0 Å². The van der Waals surface area contributed by atoms with E-state index in [1.165, 1.54) is 5.56 Å². The maximum Gasteiger partial charge on any atom is 0.0727 e. The molecule has 0 saturated carbocycles. The Labute approximate surface area is 125 Å². The van der Waals surface area contributed by atoms with Crippen LogP contribution >= 0.6 is 11.6 Å². The topological polar surface area (TPSA) is 38.0 Å². The van der Waals surface area contributed by atoms with Gasteiger partial charge in [0.15, 0.2) is 0 Å². The fourth-order valence-electron chi connectivity index (χ4n) is 2.49. The third-order valence-electron chi connectivity index (χ3n) is 3.46. The fraction of sp³-hybridized carbons (Fsp3) is 0.294. The van der Waals surface area contributed by atoms with Crippen LogP contribution in [-0.2, 0) is 5.41 Å². The van der Waals surface area contributed by atoms with E-state index in [1.807, 2.05) is 30.3 Å². The van der Waals surface area contributed by atoms with Crippen LogP contribution in [0.4, 0.5) is 0 Å². The molecule has 2 aromatic rings. The Morgan fingerprint density at radius 2 is 1.50 bits per heavy atom. The summed E-state index contributed by atoms with van der Waals surface area (Å²) in [6.07, 6.45) is 0. The van der Waals surface area contributed by atoms with E-state index in [4.69, 9.17) is 17.4 Å². The number of rotatable bonds is 3. The van der Waals surface area contributed by atoms with Gasteiger partial charge in [0.05, 0.1) is 6.04 Å². The van der Waals surface area contributed by atoms with Crippen molar-refractivity contribution in [3.05, 3.63) is 70.2 Å². The van der Waals surface area contributed by atoms with Crippen molar-refractivity contribution in [2.24, 2.45) is 5.84 Å². The van der Waals surface area contributed by atoms with Gasteiger partial charge in [0.1, 0.15) is 0 Å². The molecule has 0 aromatic heterocycles. The zero-order valence-corrected chi connectivity index (χ0v) is 12.9. The summed E-state index contributed by atoms with van der Waals surface area (Å²) in [7, 11) is 0. The number of nitrogens with two attached hydrogens (primary N) is 1. The van der Waals surface area contributed by atoms with Crippen molar-refractivity contribution in [3.63, 3.8) is 0 Å².